The Morgan fingerprint density at radius 1 is 1.19 bits per heavy atom. The molecule has 1 aliphatic heterocycles. The number of nitrogens with zero attached hydrogens (tertiary/aromatic N) is 1. The smallest absolute Gasteiger partial charge is 0.325 e. The standard InChI is InChI=1S/C15H21N3O3/c19-13(7-18-14(20)6-16-15(18)21)17-12-5-8-4-11(12)10-3-1-2-9(8)10/h8-12H,1-7H2,(H,16,21)(H,17,19)/t8-,9+,10+,11+,12-/m1/s1. The molecule has 21 heavy (non-hydrogen) atoms. The Bertz CT molecular complexity index is 490. The molecule has 114 valence electrons. The number of hydrogen-bond donors (Lipinski definition) is 2. The van der Waals surface area contributed by atoms with Crippen molar-refractivity contribution in [2.75, 3.05) is 13.1 Å². The van der Waals surface area contributed by atoms with E-state index in [-0.39, 0.29) is 30.9 Å². The molecule has 3 saturated carbocycles. The molecule has 0 radical (unpaired) electrons. The fourth-order valence-electron chi connectivity index (χ4n) is 5.25. The van der Waals surface area contributed by atoms with Crippen molar-refractivity contribution < 1.29 is 14.4 Å². The normalized spacial score (nSPS) is 40.6. The molecule has 4 aliphatic rings. The van der Waals surface area contributed by atoms with Crippen LogP contribution in [-0.2, 0) is 9.59 Å². The van der Waals surface area contributed by atoms with E-state index in [9.17, 15) is 14.4 Å². The molecular formula is C15H21N3O3. The van der Waals surface area contributed by atoms with Gasteiger partial charge in [0.15, 0.2) is 0 Å². The van der Waals surface area contributed by atoms with E-state index in [4.69, 9.17) is 0 Å². The Morgan fingerprint density at radius 2 is 2.00 bits per heavy atom. The van der Waals surface area contributed by atoms with Crippen LogP contribution in [0.2, 0.25) is 0 Å². The summed E-state index contributed by atoms with van der Waals surface area (Å²) >= 11 is 0. The average molecular weight is 291 g/mol. The van der Waals surface area contributed by atoms with Gasteiger partial charge in [-0.2, -0.15) is 0 Å². The van der Waals surface area contributed by atoms with Crippen LogP contribution in [0.1, 0.15) is 32.1 Å². The van der Waals surface area contributed by atoms with Gasteiger partial charge in [-0.1, -0.05) is 6.42 Å². The van der Waals surface area contributed by atoms with Crippen LogP contribution in [0, 0.1) is 23.7 Å². The minimum absolute atomic E-state index is 0.00396. The molecule has 0 aromatic heterocycles. The van der Waals surface area contributed by atoms with E-state index in [2.05, 4.69) is 10.6 Å². The first-order valence-electron chi connectivity index (χ1n) is 8.01. The van der Waals surface area contributed by atoms with E-state index in [1.165, 1.54) is 25.7 Å². The monoisotopic (exact) mass is 291 g/mol. The lowest BCUT2D eigenvalue weighted by atomic mass is 9.79. The number of nitrogens with one attached hydrogen (secondary N) is 2. The van der Waals surface area contributed by atoms with Gasteiger partial charge < -0.3 is 10.6 Å². The third-order valence-electron chi connectivity index (χ3n) is 6.01. The molecule has 2 N–H and O–H groups in total. The molecule has 0 unspecified atom stereocenters. The van der Waals surface area contributed by atoms with Gasteiger partial charge in [-0.05, 0) is 49.4 Å². The van der Waals surface area contributed by atoms with Crippen LogP contribution in [0.15, 0.2) is 0 Å². The first-order chi connectivity index (χ1) is 10.1. The molecule has 4 rings (SSSR count). The lowest BCUT2D eigenvalue weighted by Crippen LogP contribution is -2.47. The Balaban J connectivity index is 1.36. The first-order valence-corrected chi connectivity index (χ1v) is 8.01. The molecule has 3 aliphatic carbocycles. The van der Waals surface area contributed by atoms with Crippen molar-refractivity contribution in [2.45, 2.75) is 38.1 Å². The second-order valence-electron chi connectivity index (χ2n) is 6.97. The van der Waals surface area contributed by atoms with E-state index in [0.717, 1.165) is 29.1 Å². The predicted octanol–water partition coefficient (Wildman–Crippen LogP) is 0.479. The summed E-state index contributed by atoms with van der Waals surface area (Å²) in [6.07, 6.45) is 6.35. The molecule has 6 heteroatoms. The van der Waals surface area contributed by atoms with Gasteiger partial charge in [-0.25, -0.2) is 4.79 Å². The highest BCUT2D eigenvalue weighted by atomic mass is 16.2. The van der Waals surface area contributed by atoms with E-state index in [1.54, 1.807) is 0 Å². The van der Waals surface area contributed by atoms with Crippen molar-refractivity contribution in [3.05, 3.63) is 0 Å². The summed E-state index contributed by atoms with van der Waals surface area (Å²) in [5.41, 5.74) is 0. The number of imide groups is 1. The number of amides is 4. The van der Waals surface area contributed by atoms with Crippen molar-refractivity contribution in [2.24, 2.45) is 23.7 Å². The van der Waals surface area contributed by atoms with Crippen molar-refractivity contribution >= 4 is 17.8 Å². The van der Waals surface area contributed by atoms with E-state index < -0.39 is 6.03 Å². The Hall–Kier alpha value is -1.59. The molecule has 4 amide bonds. The fraction of sp³-hybridized carbons (Fsp3) is 0.800. The summed E-state index contributed by atoms with van der Waals surface area (Å²) in [4.78, 5) is 36.1. The maximum absolute atomic E-state index is 12.1. The maximum Gasteiger partial charge on any atom is 0.325 e. The highest BCUT2D eigenvalue weighted by Gasteiger charge is 2.54. The zero-order valence-electron chi connectivity index (χ0n) is 12.0. The first kappa shape index (κ1) is 13.1. The van der Waals surface area contributed by atoms with Crippen molar-refractivity contribution in [3.8, 4) is 0 Å². The average Bonchev–Trinajstić information content (AvgIpc) is 3.16. The van der Waals surface area contributed by atoms with E-state index in [0.29, 0.717) is 5.92 Å². The number of carbonyl (C=O) groups excluding carboxylic acids is 3. The predicted molar refractivity (Wildman–Crippen MR) is 74.1 cm³/mol. The van der Waals surface area contributed by atoms with Crippen molar-refractivity contribution in [1.29, 1.82) is 0 Å². The zero-order chi connectivity index (χ0) is 14.6. The van der Waals surface area contributed by atoms with Crippen molar-refractivity contribution in [1.82, 2.24) is 15.5 Å². The summed E-state index contributed by atoms with van der Waals surface area (Å²) in [5, 5.41) is 5.51. The molecule has 1 heterocycles. The van der Waals surface area contributed by atoms with Gasteiger partial charge in [0.2, 0.25) is 5.91 Å². The van der Waals surface area contributed by atoms with Crippen LogP contribution in [0.25, 0.3) is 0 Å². The summed E-state index contributed by atoms with van der Waals surface area (Å²) < 4.78 is 0. The van der Waals surface area contributed by atoms with Gasteiger partial charge >= 0.3 is 6.03 Å². The summed E-state index contributed by atoms with van der Waals surface area (Å²) in [5.74, 6) is 2.57. The third kappa shape index (κ3) is 2.03. The molecular weight excluding hydrogens is 270 g/mol. The molecule has 0 spiro atoms. The Morgan fingerprint density at radius 3 is 2.76 bits per heavy atom. The van der Waals surface area contributed by atoms with Crippen LogP contribution >= 0.6 is 0 Å². The minimum Gasteiger partial charge on any atom is -0.352 e. The molecule has 4 fully saturated rings. The highest BCUT2D eigenvalue weighted by Crippen LogP contribution is 2.58. The van der Waals surface area contributed by atoms with Crippen molar-refractivity contribution in [3.63, 3.8) is 0 Å². The number of rotatable bonds is 3. The van der Waals surface area contributed by atoms with Crippen LogP contribution in [0.5, 0.6) is 0 Å². The van der Waals surface area contributed by atoms with E-state index >= 15 is 0 Å². The largest absolute Gasteiger partial charge is 0.352 e. The van der Waals surface area contributed by atoms with Crippen LogP contribution in [0.4, 0.5) is 4.79 Å². The lowest BCUT2D eigenvalue weighted by molar-refractivity contribution is -0.131. The number of hydrogen-bond acceptors (Lipinski definition) is 3. The number of carbonyl (C=O) groups is 3. The third-order valence-corrected chi connectivity index (χ3v) is 6.01. The highest BCUT2D eigenvalue weighted by molar-refractivity contribution is 6.04. The van der Waals surface area contributed by atoms with E-state index in [1.807, 2.05) is 0 Å². The molecule has 5 atom stereocenters. The second-order valence-corrected chi connectivity index (χ2v) is 6.97. The quantitative estimate of drug-likeness (QED) is 0.742. The second kappa shape index (κ2) is 4.71. The minimum atomic E-state index is -0.459. The summed E-state index contributed by atoms with van der Waals surface area (Å²) in [7, 11) is 0. The SMILES string of the molecule is O=C(CN1C(=O)CNC1=O)N[C@@H]1C[C@H]2C[C@H]1[C@H]1CCC[C@@H]21. The molecule has 0 aromatic rings. The molecule has 0 aromatic carbocycles. The van der Waals surface area contributed by atoms with Crippen LogP contribution < -0.4 is 10.6 Å². The van der Waals surface area contributed by atoms with Gasteiger partial charge in [0, 0.05) is 6.04 Å². The zero-order valence-corrected chi connectivity index (χ0v) is 12.0. The van der Waals surface area contributed by atoms with Gasteiger partial charge in [-0.15, -0.1) is 0 Å². The van der Waals surface area contributed by atoms with Gasteiger partial charge in [0.05, 0.1) is 6.54 Å². The van der Waals surface area contributed by atoms with Gasteiger partial charge in [0.25, 0.3) is 5.91 Å². The van der Waals surface area contributed by atoms with Gasteiger partial charge in [0.1, 0.15) is 6.54 Å². The summed E-state index contributed by atoms with van der Waals surface area (Å²) in [6, 6.07) is -0.207. The molecule has 6 nitrogen and oxygen atoms in total. The molecule has 2 bridgehead atoms. The Labute approximate surface area is 123 Å². The van der Waals surface area contributed by atoms with Gasteiger partial charge in [-0.3, -0.25) is 14.5 Å². The van der Waals surface area contributed by atoms with Crippen LogP contribution in [-0.4, -0.2) is 41.9 Å². The lowest BCUT2D eigenvalue weighted by Gasteiger charge is -2.32. The van der Waals surface area contributed by atoms with Crippen LogP contribution in [0.3, 0.4) is 0 Å². The maximum atomic E-state index is 12.1. The number of fused-ring (bicyclic) bond motifs is 5. The Kier molecular flexibility index (Phi) is 2.94. The topological polar surface area (TPSA) is 78.5 Å². The summed E-state index contributed by atoms with van der Waals surface area (Å²) in [6.45, 7) is -0.142. The molecule has 1 saturated heterocycles. The fourth-order valence-corrected chi connectivity index (χ4v) is 5.25. The number of urea groups is 1.